The Hall–Kier alpha value is -0.400. The summed E-state index contributed by atoms with van der Waals surface area (Å²) in [6.45, 7) is 0. The van der Waals surface area contributed by atoms with E-state index in [0.717, 1.165) is 11.3 Å². The molecule has 8 heteroatoms. The Labute approximate surface area is 95.8 Å². The standard InChI is InChI=1S/C6H8ClN3O2S.ClH/c1-12-6(9,4(7)11)3-2-13-5(8)10-3;/h2H,9H2,1H3,(H2,8,10);1H. The van der Waals surface area contributed by atoms with Gasteiger partial charge in [0.05, 0.1) is 0 Å². The van der Waals surface area contributed by atoms with Gasteiger partial charge in [0.15, 0.2) is 5.13 Å². The number of carbonyl (C=O) groups is 1. The van der Waals surface area contributed by atoms with E-state index in [2.05, 4.69) is 4.98 Å². The van der Waals surface area contributed by atoms with Crippen LogP contribution in [0.1, 0.15) is 5.69 Å². The van der Waals surface area contributed by atoms with Crippen molar-refractivity contribution in [3.05, 3.63) is 11.1 Å². The van der Waals surface area contributed by atoms with Crippen molar-refractivity contribution < 1.29 is 9.53 Å². The Morgan fingerprint density at radius 1 is 1.79 bits per heavy atom. The molecule has 5 nitrogen and oxygen atoms in total. The van der Waals surface area contributed by atoms with E-state index in [4.69, 9.17) is 27.8 Å². The fourth-order valence-corrected chi connectivity index (χ4v) is 1.53. The molecule has 0 saturated carbocycles. The smallest absolute Gasteiger partial charge is 0.275 e. The summed E-state index contributed by atoms with van der Waals surface area (Å²) in [4.78, 5) is 14.8. The Morgan fingerprint density at radius 2 is 2.36 bits per heavy atom. The molecule has 14 heavy (non-hydrogen) atoms. The number of nitrogen functional groups attached to an aromatic ring is 1. The topological polar surface area (TPSA) is 91.2 Å². The fraction of sp³-hybridized carbons (Fsp3) is 0.333. The molecule has 0 aromatic carbocycles. The molecule has 80 valence electrons. The number of nitrogens with two attached hydrogens (primary N) is 2. The zero-order chi connectivity index (χ0) is 10.1. The molecule has 0 aliphatic heterocycles. The van der Waals surface area contributed by atoms with Gasteiger partial charge in [-0.25, -0.2) is 4.98 Å². The molecule has 1 aromatic heterocycles. The Morgan fingerprint density at radius 3 is 2.64 bits per heavy atom. The van der Waals surface area contributed by atoms with Gasteiger partial charge >= 0.3 is 0 Å². The number of hydrogen-bond acceptors (Lipinski definition) is 6. The molecule has 1 unspecified atom stereocenters. The minimum atomic E-state index is -1.70. The van der Waals surface area contributed by atoms with Gasteiger partial charge in [-0.1, -0.05) is 0 Å². The van der Waals surface area contributed by atoms with Crippen LogP contribution < -0.4 is 11.5 Å². The number of thiazole rings is 1. The van der Waals surface area contributed by atoms with E-state index in [1.807, 2.05) is 0 Å². The zero-order valence-electron chi connectivity index (χ0n) is 7.19. The van der Waals surface area contributed by atoms with E-state index in [-0.39, 0.29) is 18.1 Å². The molecule has 0 aliphatic carbocycles. The average molecular weight is 258 g/mol. The molecule has 0 radical (unpaired) electrons. The summed E-state index contributed by atoms with van der Waals surface area (Å²) >= 11 is 6.42. The lowest BCUT2D eigenvalue weighted by molar-refractivity contribution is -0.133. The molecule has 0 saturated heterocycles. The molecule has 0 spiro atoms. The monoisotopic (exact) mass is 257 g/mol. The third-order valence-corrected chi connectivity index (χ3v) is 2.47. The van der Waals surface area contributed by atoms with E-state index < -0.39 is 11.0 Å². The van der Waals surface area contributed by atoms with Crippen molar-refractivity contribution in [3.8, 4) is 0 Å². The Bertz CT molecular complexity index is 333. The first-order chi connectivity index (χ1) is 6.00. The number of methoxy groups -OCH3 is 1. The largest absolute Gasteiger partial charge is 0.375 e. The normalized spacial score (nSPS) is 14.2. The van der Waals surface area contributed by atoms with Gasteiger partial charge in [0.2, 0.25) is 5.72 Å². The van der Waals surface area contributed by atoms with Crippen molar-refractivity contribution in [2.45, 2.75) is 5.72 Å². The van der Waals surface area contributed by atoms with E-state index in [1.165, 1.54) is 12.5 Å². The summed E-state index contributed by atoms with van der Waals surface area (Å²) in [5, 5.41) is 0.999. The molecule has 4 N–H and O–H groups in total. The van der Waals surface area contributed by atoms with E-state index >= 15 is 0 Å². The maximum Gasteiger partial charge on any atom is 0.275 e. The van der Waals surface area contributed by atoms with Gasteiger partial charge in [-0.05, 0) is 11.6 Å². The van der Waals surface area contributed by atoms with Gasteiger partial charge in [-0.2, -0.15) is 0 Å². The maximum atomic E-state index is 10.9. The van der Waals surface area contributed by atoms with Crippen molar-refractivity contribution in [2.75, 3.05) is 12.8 Å². The SMILES string of the molecule is COC(N)(C(=O)Cl)c1csc(N)n1.Cl. The lowest BCUT2D eigenvalue weighted by atomic mass is 10.2. The van der Waals surface area contributed by atoms with Gasteiger partial charge in [-0.15, -0.1) is 23.7 Å². The molecule has 1 atom stereocenters. The predicted octanol–water partition coefficient (Wildman–Crippen LogP) is 0.670. The van der Waals surface area contributed by atoms with Crippen LogP contribution >= 0.6 is 35.3 Å². The zero-order valence-corrected chi connectivity index (χ0v) is 9.58. The van der Waals surface area contributed by atoms with Crippen LogP contribution in [0, 0.1) is 0 Å². The van der Waals surface area contributed by atoms with Crippen LogP contribution in [0.25, 0.3) is 0 Å². The quantitative estimate of drug-likeness (QED) is 0.614. The van der Waals surface area contributed by atoms with E-state index in [1.54, 1.807) is 0 Å². The van der Waals surface area contributed by atoms with Gasteiger partial charge < -0.3 is 10.5 Å². The van der Waals surface area contributed by atoms with Gasteiger partial charge in [0.1, 0.15) is 5.69 Å². The van der Waals surface area contributed by atoms with Crippen molar-refractivity contribution in [1.82, 2.24) is 4.98 Å². The van der Waals surface area contributed by atoms with Crippen LogP contribution in [0.5, 0.6) is 0 Å². The Balaban J connectivity index is 0.00000169. The third kappa shape index (κ3) is 2.34. The molecule has 1 aromatic rings. The summed E-state index contributed by atoms with van der Waals surface area (Å²) in [6.07, 6.45) is 0. The molecule has 0 aliphatic rings. The molecule has 1 rings (SSSR count). The molecule has 1 heterocycles. The summed E-state index contributed by atoms with van der Waals surface area (Å²) in [7, 11) is 1.27. The summed E-state index contributed by atoms with van der Waals surface area (Å²) in [6, 6.07) is 0. The number of carbonyl (C=O) groups excluding carboxylic acids is 1. The number of rotatable bonds is 3. The highest BCUT2D eigenvalue weighted by Crippen LogP contribution is 2.24. The van der Waals surface area contributed by atoms with Gasteiger partial charge in [0.25, 0.3) is 5.24 Å². The van der Waals surface area contributed by atoms with Crippen LogP contribution in [0.15, 0.2) is 5.38 Å². The summed E-state index contributed by atoms with van der Waals surface area (Å²) in [5.41, 5.74) is 9.45. The number of aromatic nitrogens is 1. The lowest BCUT2D eigenvalue weighted by Gasteiger charge is -2.20. The van der Waals surface area contributed by atoms with E-state index in [0.29, 0.717) is 5.13 Å². The van der Waals surface area contributed by atoms with Crippen LogP contribution in [-0.4, -0.2) is 17.3 Å². The minimum Gasteiger partial charge on any atom is -0.375 e. The highest BCUT2D eigenvalue weighted by Gasteiger charge is 2.37. The molecule has 0 amide bonds. The number of hydrogen-bond donors (Lipinski definition) is 2. The predicted molar refractivity (Wildman–Crippen MR) is 57.5 cm³/mol. The summed E-state index contributed by atoms with van der Waals surface area (Å²) in [5.74, 6) is 0. The van der Waals surface area contributed by atoms with Crippen LogP contribution in [0.3, 0.4) is 0 Å². The Kier molecular flexibility index (Phi) is 4.76. The highest BCUT2D eigenvalue weighted by atomic mass is 35.5. The number of halogens is 2. The summed E-state index contributed by atoms with van der Waals surface area (Å²) < 4.78 is 4.78. The van der Waals surface area contributed by atoms with Crippen LogP contribution in [-0.2, 0) is 15.3 Å². The first-order valence-electron chi connectivity index (χ1n) is 3.26. The van der Waals surface area contributed by atoms with Crippen molar-refractivity contribution in [3.63, 3.8) is 0 Å². The average Bonchev–Trinajstić information content (AvgIpc) is 2.50. The van der Waals surface area contributed by atoms with Crippen LogP contribution in [0.2, 0.25) is 0 Å². The molecule has 0 bridgehead atoms. The first kappa shape index (κ1) is 13.6. The van der Waals surface area contributed by atoms with Crippen molar-refractivity contribution >= 4 is 45.7 Å². The minimum absolute atomic E-state index is 0. The van der Waals surface area contributed by atoms with E-state index in [9.17, 15) is 4.79 Å². The van der Waals surface area contributed by atoms with Crippen molar-refractivity contribution in [1.29, 1.82) is 0 Å². The van der Waals surface area contributed by atoms with Gasteiger partial charge in [-0.3, -0.25) is 10.5 Å². The highest BCUT2D eigenvalue weighted by molar-refractivity contribution is 7.13. The lowest BCUT2D eigenvalue weighted by Crippen LogP contribution is -2.44. The molecular weight excluding hydrogens is 249 g/mol. The van der Waals surface area contributed by atoms with Crippen LogP contribution in [0.4, 0.5) is 5.13 Å². The van der Waals surface area contributed by atoms with Crippen molar-refractivity contribution in [2.24, 2.45) is 5.73 Å². The molecular formula is C6H9Cl2N3O2S. The third-order valence-electron chi connectivity index (χ3n) is 1.52. The second kappa shape index (κ2) is 4.90. The fourth-order valence-electron chi connectivity index (χ4n) is 0.744. The first-order valence-corrected chi connectivity index (χ1v) is 4.52. The van der Waals surface area contributed by atoms with Gasteiger partial charge in [0, 0.05) is 12.5 Å². The number of nitrogens with zero attached hydrogens (tertiary/aromatic N) is 1. The number of anilines is 1. The second-order valence-electron chi connectivity index (χ2n) is 2.28. The second-order valence-corrected chi connectivity index (χ2v) is 3.52. The molecule has 0 fully saturated rings. The maximum absolute atomic E-state index is 10.9. The number of ether oxygens (including phenoxy) is 1.